The molecule has 3 heteroatoms. The highest BCUT2D eigenvalue weighted by Gasteiger charge is 2.06. The van der Waals surface area contributed by atoms with Gasteiger partial charge in [0.15, 0.2) is 0 Å². The van der Waals surface area contributed by atoms with E-state index >= 15 is 0 Å². The molecule has 1 N–H and O–H groups in total. The molecular weight excluding hydrogens is 300 g/mol. The van der Waals surface area contributed by atoms with Crippen LogP contribution in [0.4, 0.5) is 5.69 Å². The summed E-state index contributed by atoms with van der Waals surface area (Å²) in [6.45, 7) is 0.823. The molecule has 0 radical (unpaired) electrons. The van der Waals surface area contributed by atoms with Gasteiger partial charge < -0.3 is 9.88 Å². The van der Waals surface area contributed by atoms with Crippen LogP contribution < -0.4 is 5.32 Å². The predicted molar refractivity (Wildman–Crippen MR) is 84.4 cm³/mol. The smallest absolute Gasteiger partial charge is 0.0487 e. The number of benzene rings is 2. The highest BCUT2D eigenvalue weighted by Crippen LogP contribution is 2.24. The molecule has 1 heterocycles. The van der Waals surface area contributed by atoms with Crippen molar-refractivity contribution in [1.82, 2.24) is 4.57 Å². The lowest BCUT2D eigenvalue weighted by Gasteiger charge is -2.07. The Balaban J connectivity index is 1.88. The van der Waals surface area contributed by atoms with Gasteiger partial charge in [-0.05, 0) is 39.7 Å². The molecule has 0 atom stereocenters. The Bertz CT molecular complexity index is 716. The number of anilines is 1. The SMILES string of the molecule is Cn1cc(CNc2ccccc2Br)c2ccccc21. The second-order valence-corrected chi connectivity index (χ2v) is 5.47. The van der Waals surface area contributed by atoms with E-state index in [0.29, 0.717) is 0 Å². The lowest BCUT2D eigenvalue weighted by atomic mass is 10.2. The number of aryl methyl sites for hydroxylation is 1. The molecule has 0 unspecified atom stereocenters. The van der Waals surface area contributed by atoms with Crippen LogP contribution in [0, 0.1) is 0 Å². The van der Waals surface area contributed by atoms with Gasteiger partial charge in [0.1, 0.15) is 0 Å². The number of hydrogen-bond acceptors (Lipinski definition) is 1. The van der Waals surface area contributed by atoms with Crippen molar-refractivity contribution < 1.29 is 0 Å². The number of halogens is 1. The first-order chi connectivity index (χ1) is 9.25. The molecule has 3 rings (SSSR count). The van der Waals surface area contributed by atoms with Crippen LogP contribution in [-0.2, 0) is 13.6 Å². The molecule has 0 aliphatic rings. The number of nitrogens with zero attached hydrogens (tertiary/aromatic N) is 1. The second-order valence-electron chi connectivity index (χ2n) is 4.62. The highest BCUT2D eigenvalue weighted by atomic mass is 79.9. The molecule has 0 saturated heterocycles. The van der Waals surface area contributed by atoms with E-state index in [1.165, 1.54) is 16.5 Å². The Morgan fingerprint density at radius 3 is 2.63 bits per heavy atom. The number of rotatable bonds is 3. The van der Waals surface area contributed by atoms with E-state index in [0.717, 1.165) is 16.7 Å². The van der Waals surface area contributed by atoms with Crippen molar-refractivity contribution in [3.8, 4) is 0 Å². The van der Waals surface area contributed by atoms with Gasteiger partial charge in [-0.25, -0.2) is 0 Å². The molecule has 2 nitrogen and oxygen atoms in total. The summed E-state index contributed by atoms with van der Waals surface area (Å²) in [5.74, 6) is 0. The van der Waals surface area contributed by atoms with E-state index in [1.807, 2.05) is 18.2 Å². The predicted octanol–water partition coefficient (Wildman–Crippen LogP) is 4.55. The molecule has 0 spiro atoms. The Labute approximate surface area is 121 Å². The van der Waals surface area contributed by atoms with Crippen LogP contribution >= 0.6 is 15.9 Å². The number of nitrogens with one attached hydrogen (secondary N) is 1. The minimum atomic E-state index is 0.823. The average Bonchev–Trinajstić information content (AvgIpc) is 2.75. The number of hydrogen-bond donors (Lipinski definition) is 1. The Morgan fingerprint density at radius 2 is 1.79 bits per heavy atom. The van der Waals surface area contributed by atoms with Gasteiger partial charge in [-0.1, -0.05) is 30.3 Å². The van der Waals surface area contributed by atoms with Crippen molar-refractivity contribution >= 4 is 32.5 Å². The zero-order valence-electron chi connectivity index (χ0n) is 10.7. The fourth-order valence-electron chi connectivity index (χ4n) is 2.36. The Hall–Kier alpha value is -1.74. The van der Waals surface area contributed by atoms with Crippen LogP contribution in [0.15, 0.2) is 59.2 Å². The highest BCUT2D eigenvalue weighted by molar-refractivity contribution is 9.10. The molecule has 0 amide bonds. The third-order valence-electron chi connectivity index (χ3n) is 3.32. The summed E-state index contributed by atoms with van der Waals surface area (Å²) in [5.41, 5.74) is 3.70. The van der Waals surface area contributed by atoms with Crippen LogP contribution in [0.25, 0.3) is 10.9 Å². The summed E-state index contributed by atoms with van der Waals surface area (Å²) in [6, 6.07) is 16.7. The number of para-hydroxylation sites is 2. The minimum Gasteiger partial charge on any atom is -0.380 e. The normalized spacial score (nSPS) is 10.8. The Morgan fingerprint density at radius 1 is 1.05 bits per heavy atom. The Kier molecular flexibility index (Phi) is 3.30. The lowest BCUT2D eigenvalue weighted by Crippen LogP contribution is -1.99. The van der Waals surface area contributed by atoms with Gasteiger partial charge in [-0.3, -0.25) is 0 Å². The molecule has 0 fully saturated rings. The van der Waals surface area contributed by atoms with Crippen molar-refractivity contribution in [1.29, 1.82) is 0 Å². The molecule has 2 aromatic carbocycles. The fourth-order valence-corrected chi connectivity index (χ4v) is 2.79. The maximum Gasteiger partial charge on any atom is 0.0487 e. The number of fused-ring (bicyclic) bond motifs is 1. The third-order valence-corrected chi connectivity index (χ3v) is 4.01. The summed E-state index contributed by atoms with van der Waals surface area (Å²) < 4.78 is 3.27. The molecule has 0 aliphatic carbocycles. The van der Waals surface area contributed by atoms with E-state index in [9.17, 15) is 0 Å². The zero-order chi connectivity index (χ0) is 13.2. The standard InChI is InChI=1S/C16H15BrN2/c1-19-11-12(13-6-2-5-9-16(13)19)10-18-15-8-4-3-7-14(15)17/h2-9,11,18H,10H2,1H3. The minimum absolute atomic E-state index is 0.823. The first kappa shape index (κ1) is 12.3. The van der Waals surface area contributed by atoms with E-state index in [1.54, 1.807) is 0 Å². The van der Waals surface area contributed by atoms with Crippen molar-refractivity contribution in [2.45, 2.75) is 6.54 Å². The molecule has 96 valence electrons. The van der Waals surface area contributed by atoms with E-state index in [-0.39, 0.29) is 0 Å². The van der Waals surface area contributed by atoms with E-state index < -0.39 is 0 Å². The molecule has 0 saturated carbocycles. The van der Waals surface area contributed by atoms with Gasteiger partial charge in [0.05, 0.1) is 0 Å². The summed E-state index contributed by atoms with van der Waals surface area (Å²) in [6.07, 6.45) is 2.19. The zero-order valence-corrected chi connectivity index (χ0v) is 12.3. The number of aromatic nitrogens is 1. The molecule has 3 aromatic rings. The van der Waals surface area contributed by atoms with E-state index in [2.05, 4.69) is 69.4 Å². The van der Waals surface area contributed by atoms with Crippen LogP contribution in [0.5, 0.6) is 0 Å². The van der Waals surface area contributed by atoms with Crippen molar-refractivity contribution in [3.05, 3.63) is 64.8 Å². The molecule has 0 bridgehead atoms. The first-order valence-electron chi connectivity index (χ1n) is 6.27. The van der Waals surface area contributed by atoms with Crippen LogP contribution in [0.2, 0.25) is 0 Å². The maximum absolute atomic E-state index is 3.56. The topological polar surface area (TPSA) is 17.0 Å². The van der Waals surface area contributed by atoms with Gasteiger partial charge in [-0.15, -0.1) is 0 Å². The molecule has 1 aromatic heterocycles. The lowest BCUT2D eigenvalue weighted by molar-refractivity contribution is 0.955. The summed E-state index contributed by atoms with van der Waals surface area (Å²) in [4.78, 5) is 0. The monoisotopic (exact) mass is 314 g/mol. The summed E-state index contributed by atoms with van der Waals surface area (Å²) in [7, 11) is 2.09. The van der Waals surface area contributed by atoms with Crippen molar-refractivity contribution in [2.24, 2.45) is 7.05 Å². The summed E-state index contributed by atoms with van der Waals surface area (Å²) in [5, 5.41) is 4.78. The van der Waals surface area contributed by atoms with Gasteiger partial charge in [0.2, 0.25) is 0 Å². The summed E-state index contributed by atoms with van der Waals surface area (Å²) >= 11 is 3.56. The molecule has 19 heavy (non-hydrogen) atoms. The second kappa shape index (κ2) is 5.10. The maximum atomic E-state index is 3.56. The van der Waals surface area contributed by atoms with Gasteiger partial charge in [-0.2, -0.15) is 0 Å². The first-order valence-corrected chi connectivity index (χ1v) is 7.06. The van der Waals surface area contributed by atoms with Gasteiger partial charge in [0, 0.05) is 40.9 Å². The van der Waals surface area contributed by atoms with E-state index in [4.69, 9.17) is 0 Å². The van der Waals surface area contributed by atoms with Crippen LogP contribution in [-0.4, -0.2) is 4.57 Å². The van der Waals surface area contributed by atoms with Gasteiger partial charge >= 0.3 is 0 Å². The third kappa shape index (κ3) is 2.38. The quantitative estimate of drug-likeness (QED) is 0.750. The molecular formula is C16H15BrN2. The van der Waals surface area contributed by atoms with Gasteiger partial charge in [0.25, 0.3) is 0 Å². The van der Waals surface area contributed by atoms with Crippen LogP contribution in [0.1, 0.15) is 5.56 Å². The average molecular weight is 315 g/mol. The fraction of sp³-hybridized carbons (Fsp3) is 0.125. The largest absolute Gasteiger partial charge is 0.380 e. The van der Waals surface area contributed by atoms with Crippen LogP contribution in [0.3, 0.4) is 0 Å². The van der Waals surface area contributed by atoms with Crippen molar-refractivity contribution in [3.63, 3.8) is 0 Å². The molecule has 0 aliphatic heterocycles. The van der Waals surface area contributed by atoms with Crippen molar-refractivity contribution in [2.75, 3.05) is 5.32 Å².